The smallest absolute Gasteiger partial charge is 0.344 e. The van der Waals surface area contributed by atoms with Crippen LogP contribution in [0.25, 0.3) is 10.9 Å². The first kappa shape index (κ1) is 26.4. The SMILES string of the molecule is CCCCc1nc2ccc(Br)cc2c(=O)n1N=Cc1cc(OC)c(O[C@H](C)C(=O)O)c(Br)c1Br. The van der Waals surface area contributed by atoms with Crippen LogP contribution in [0.1, 0.15) is 38.1 Å². The van der Waals surface area contributed by atoms with E-state index in [1.807, 2.05) is 6.07 Å². The van der Waals surface area contributed by atoms with Crippen LogP contribution >= 0.6 is 47.8 Å². The van der Waals surface area contributed by atoms with E-state index in [0.717, 1.165) is 17.3 Å². The number of carboxylic acid groups (broad SMARTS) is 1. The number of aliphatic carboxylic acids is 1. The van der Waals surface area contributed by atoms with Crippen molar-refractivity contribution in [2.24, 2.45) is 5.10 Å². The molecule has 11 heteroatoms. The molecule has 0 bridgehead atoms. The second kappa shape index (κ2) is 11.5. The Morgan fingerprint density at radius 3 is 2.65 bits per heavy atom. The fourth-order valence-electron chi connectivity index (χ4n) is 3.12. The number of halogens is 3. The van der Waals surface area contributed by atoms with E-state index in [9.17, 15) is 14.7 Å². The summed E-state index contributed by atoms with van der Waals surface area (Å²) in [5.41, 5.74) is 0.929. The van der Waals surface area contributed by atoms with Crippen molar-refractivity contribution in [1.82, 2.24) is 9.66 Å². The number of hydrogen-bond acceptors (Lipinski definition) is 6. The van der Waals surface area contributed by atoms with Gasteiger partial charge in [-0.3, -0.25) is 4.79 Å². The number of methoxy groups -OCH3 is 1. The molecule has 0 aliphatic heterocycles. The number of unbranched alkanes of at least 4 members (excludes halogenated alkanes) is 1. The minimum absolute atomic E-state index is 0.236. The molecule has 1 N–H and O–H groups in total. The van der Waals surface area contributed by atoms with Crippen LogP contribution in [0, 0.1) is 0 Å². The average molecular weight is 660 g/mol. The zero-order valence-electron chi connectivity index (χ0n) is 18.6. The summed E-state index contributed by atoms with van der Waals surface area (Å²) in [5, 5.41) is 14.1. The molecule has 2 aromatic carbocycles. The molecule has 0 saturated heterocycles. The maximum Gasteiger partial charge on any atom is 0.344 e. The zero-order chi connectivity index (χ0) is 25.0. The van der Waals surface area contributed by atoms with Crippen molar-refractivity contribution in [1.29, 1.82) is 0 Å². The van der Waals surface area contributed by atoms with Crippen molar-refractivity contribution in [2.45, 2.75) is 39.2 Å². The van der Waals surface area contributed by atoms with Gasteiger partial charge in [-0.15, -0.1) is 0 Å². The fraction of sp³-hybridized carbons (Fsp3) is 0.304. The highest BCUT2D eigenvalue weighted by atomic mass is 79.9. The summed E-state index contributed by atoms with van der Waals surface area (Å²) in [6.45, 7) is 3.49. The predicted molar refractivity (Wildman–Crippen MR) is 141 cm³/mol. The summed E-state index contributed by atoms with van der Waals surface area (Å²) in [5.74, 6) is 0.00338. The van der Waals surface area contributed by atoms with E-state index in [-0.39, 0.29) is 11.3 Å². The largest absolute Gasteiger partial charge is 0.493 e. The van der Waals surface area contributed by atoms with Crippen molar-refractivity contribution in [2.75, 3.05) is 7.11 Å². The molecule has 0 unspecified atom stereocenters. The highest BCUT2D eigenvalue weighted by Gasteiger charge is 2.21. The summed E-state index contributed by atoms with van der Waals surface area (Å²) in [6, 6.07) is 7.02. The van der Waals surface area contributed by atoms with Gasteiger partial charge in [-0.1, -0.05) is 29.3 Å². The van der Waals surface area contributed by atoms with Gasteiger partial charge in [-0.2, -0.15) is 9.78 Å². The van der Waals surface area contributed by atoms with E-state index in [1.165, 1.54) is 24.9 Å². The summed E-state index contributed by atoms with van der Waals surface area (Å²) in [7, 11) is 1.45. The molecule has 1 atom stereocenters. The van der Waals surface area contributed by atoms with E-state index in [1.54, 1.807) is 18.2 Å². The van der Waals surface area contributed by atoms with Crippen molar-refractivity contribution in [3.05, 3.63) is 59.4 Å². The van der Waals surface area contributed by atoms with Crippen LogP contribution in [0.5, 0.6) is 11.5 Å². The Bertz CT molecular complexity index is 1320. The van der Waals surface area contributed by atoms with Gasteiger partial charge >= 0.3 is 5.97 Å². The molecule has 8 nitrogen and oxygen atoms in total. The van der Waals surface area contributed by atoms with E-state index < -0.39 is 12.1 Å². The van der Waals surface area contributed by atoms with Crippen LogP contribution in [0.4, 0.5) is 0 Å². The third kappa shape index (κ3) is 5.69. The quantitative estimate of drug-likeness (QED) is 0.293. The van der Waals surface area contributed by atoms with Gasteiger partial charge in [0.15, 0.2) is 17.6 Å². The Morgan fingerprint density at radius 2 is 2.00 bits per heavy atom. The van der Waals surface area contributed by atoms with Crippen LogP contribution in [-0.4, -0.2) is 40.2 Å². The van der Waals surface area contributed by atoms with Crippen molar-refractivity contribution < 1.29 is 19.4 Å². The summed E-state index contributed by atoms with van der Waals surface area (Å²) in [6.07, 6.45) is 2.84. The minimum atomic E-state index is -1.11. The third-order valence-corrected chi connectivity index (χ3v) is 7.60. The zero-order valence-corrected chi connectivity index (χ0v) is 23.4. The van der Waals surface area contributed by atoms with E-state index >= 15 is 0 Å². The molecule has 0 aliphatic carbocycles. The van der Waals surface area contributed by atoms with Crippen LogP contribution in [-0.2, 0) is 11.2 Å². The number of aromatic nitrogens is 2. The standard InChI is InChI=1S/C23H22Br3N3O5/c1-4-5-6-18-28-16-8-7-14(24)10-15(16)22(30)29(18)27-11-13-9-17(33-3)21(20(26)19(13)25)34-12(2)23(31)32/h7-12H,4-6H2,1-3H3,(H,31,32)/t12-/m1/s1. The summed E-state index contributed by atoms with van der Waals surface area (Å²) >= 11 is 10.3. The van der Waals surface area contributed by atoms with Crippen LogP contribution in [0.15, 0.2) is 47.6 Å². The molecule has 0 fully saturated rings. The molecule has 0 spiro atoms. The number of nitrogens with zero attached hydrogens (tertiary/aromatic N) is 3. The number of carbonyl (C=O) groups is 1. The number of carboxylic acids is 1. The predicted octanol–water partition coefficient (Wildman–Crippen LogP) is 5.77. The van der Waals surface area contributed by atoms with Crippen molar-refractivity contribution in [3.8, 4) is 11.5 Å². The van der Waals surface area contributed by atoms with Crippen molar-refractivity contribution in [3.63, 3.8) is 0 Å². The van der Waals surface area contributed by atoms with E-state index in [0.29, 0.717) is 43.4 Å². The summed E-state index contributed by atoms with van der Waals surface area (Å²) in [4.78, 5) is 29.2. The number of fused-ring (bicyclic) bond motifs is 1. The van der Waals surface area contributed by atoms with Gasteiger partial charge in [0.05, 0.1) is 28.7 Å². The van der Waals surface area contributed by atoms with Gasteiger partial charge in [0.1, 0.15) is 5.82 Å². The number of benzene rings is 2. The molecule has 1 aromatic heterocycles. The maximum atomic E-state index is 13.3. The molecular formula is C23H22Br3N3O5. The molecule has 3 aromatic rings. The lowest BCUT2D eigenvalue weighted by atomic mass is 10.2. The second-order valence-electron chi connectivity index (χ2n) is 7.38. The lowest BCUT2D eigenvalue weighted by Crippen LogP contribution is -2.23. The van der Waals surface area contributed by atoms with Gasteiger partial charge in [-0.05, 0) is 69.5 Å². The molecule has 180 valence electrons. The maximum absolute atomic E-state index is 13.3. The number of aryl methyl sites for hydroxylation is 1. The summed E-state index contributed by atoms with van der Waals surface area (Å²) < 4.78 is 14.1. The molecule has 34 heavy (non-hydrogen) atoms. The van der Waals surface area contributed by atoms with Gasteiger partial charge in [0.25, 0.3) is 5.56 Å². The molecule has 0 aliphatic rings. The fourth-order valence-corrected chi connectivity index (χ4v) is 4.39. The first-order valence-corrected chi connectivity index (χ1v) is 12.8. The normalized spacial score (nSPS) is 12.3. The molecule has 1 heterocycles. The van der Waals surface area contributed by atoms with Crippen LogP contribution in [0.2, 0.25) is 0 Å². The monoisotopic (exact) mass is 657 g/mol. The highest BCUT2D eigenvalue weighted by molar-refractivity contribution is 9.13. The van der Waals surface area contributed by atoms with Crippen molar-refractivity contribution >= 4 is 70.9 Å². The van der Waals surface area contributed by atoms with Crippen LogP contribution in [0.3, 0.4) is 0 Å². The Balaban J connectivity index is 2.12. The minimum Gasteiger partial charge on any atom is -0.493 e. The van der Waals surface area contributed by atoms with Gasteiger partial charge < -0.3 is 14.6 Å². The topological polar surface area (TPSA) is 103 Å². The molecule has 0 saturated carbocycles. The Morgan fingerprint density at radius 1 is 1.26 bits per heavy atom. The number of rotatable bonds is 9. The highest BCUT2D eigenvalue weighted by Crippen LogP contribution is 2.42. The molecule has 3 rings (SSSR count). The molecule has 0 amide bonds. The Labute approximate surface area is 221 Å². The van der Waals surface area contributed by atoms with Gasteiger partial charge in [0.2, 0.25) is 0 Å². The van der Waals surface area contributed by atoms with E-state index in [4.69, 9.17) is 9.47 Å². The molecular weight excluding hydrogens is 638 g/mol. The molecule has 0 radical (unpaired) electrons. The lowest BCUT2D eigenvalue weighted by Gasteiger charge is -2.17. The first-order valence-electron chi connectivity index (χ1n) is 10.4. The van der Waals surface area contributed by atoms with Gasteiger partial charge in [0, 0.05) is 20.9 Å². The Kier molecular flexibility index (Phi) is 8.89. The number of ether oxygens (including phenoxy) is 2. The van der Waals surface area contributed by atoms with Crippen LogP contribution < -0.4 is 15.0 Å². The Hall–Kier alpha value is -2.24. The van der Waals surface area contributed by atoms with E-state index in [2.05, 4.69) is 64.8 Å². The first-order chi connectivity index (χ1) is 16.2. The second-order valence-corrected chi connectivity index (χ2v) is 9.88. The average Bonchev–Trinajstić information content (AvgIpc) is 2.81. The lowest BCUT2D eigenvalue weighted by molar-refractivity contribution is -0.144. The third-order valence-electron chi connectivity index (χ3n) is 4.96. The van der Waals surface area contributed by atoms with Gasteiger partial charge in [-0.25, -0.2) is 9.78 Å². The number of hydrogen-bond donors (Lipinski definition) is 1.